The summed E-state index contributed by atoms with van der Waals surface area (Å²) in [5, 5.41) is 17.9. The van der Waals surface area contributed by atoms with Gasteiger partial charge in [0.05, 0.1) is 11.8 Å². The SMILES string of the molecule is CC(CC(C[C]1CCCCC1)C(=O)O)C(=O)O. The van der Waals surface area contributed by atoms with Crippen molar-refractivity contribution in [1.29, 1.82) is 0 Å². The van der Waals surface area contributed by atoms with E-state index in [2.05, 4.69) is 0 Å². The molecule has 1 aliphatic rings. The molecule has 1 fully saturated rings. The zero-order chi connectivity index (χ0) is 12.8. The molecule has 0 aromatic heterocycles. The van der Waals surface area contributed by atoms with Gasteiger partial charge in [-0.1, -0.05) is 26.2 Å². The van der Waals surface area contributed by atoms with Crippen LogP contribution in [-0.2, 0) is 9.59 Å². The predicted octanol–water partition coefficient (Wildman–Crippen LogP) is 2.73. The Kier molecular flexibility index (Phi) is 5.45. The highest BCUT2D eigenvalue weighted by atomic mass is 16.4. The molecule has 0 saturated heterocycles. The van der Waals surface area contributed by atoms with Gasteiger partial charge in [0, 0.05) is 0 Å². The summed E-state index contributed by atoms with van der Waals surface area (Å²) in [4.78, 5) is 21.9. The van der Waals surface area contributed by atoms with Crippen LogP contribution in [0, 0.1) is 17.8 Å². The number of carboxylic acid groups (broad SMARTS) is 2. The summed E-state index contributed by atoms with van der Waals surface area (Å²) in [6.07, 6.45) is 6.36. The van der Waals surface area contributed by atoms with Crippen molar-refractivity contribution in [3.63, 3.8) is 0 Å². The number of hydrogen-bond acceptors (Lipinski definition) is 2. The van der Waals surface area contributed by atoms with Crippen molar-refractivity contribution in [1.82, 2.24) is 0 Å². The fraction of sp³-hybridized carbons (Fsp3) is 0.769. The van der Waals surface area contributed by atoms with Crippen LogP contribution in [0.15, 0.2) is 0 Å². The largest absolute Gasteiger partial charge is 0.481 e. The first-order valence-electron chi connectivity index (χ1n) is 6.30. The predicted molar refractivity (Wildman–Crippen MR) is 63.5 cm³/mol. The van der Waals surface area contributed by atoms with Gasteiger partial charge >= 0.3 is 11.9 Å². The Hall–Kier alpha value is -1.06. The minimum Gasteiger partial charge on any atom is -0.481 e. The number of carbonyl (C=O) groups is 2. The van der Waals surface area contributed by atoms with Crippen LogP contribution in [0.1, 0.15) is 51.9 Å². The van der Waals surface area contributed by atoms with Crippen LogP contribution in [0.4, 0.5) is 0 Å². The molecule has 1 saturated carbocycles. The lowest BCUT2D eigenvalue weighted by atomic mass is 9.80. The second-order valence-corrected chi connectivity index (χ2v) is 5.02. The minimum atomic E-state index is -0.912. The Bertz CT molecular complexity index is 269. The molecule has 0 bridgehead atoms. The third kappa shape index (κ3) is 4.75. The molecule has 1 rings (SSSR count). The average molecular weight is 241 g/mol. The van der Waals surface area contributed by atoms with Crippen LogP contribution in [0.5, 0.6) is 0 Å². The topological polar surface area (TPSA) is 74.6 Å². The van der Waals surface area contributed by atoms with Crippen LogP contribution >= 0.6 is 0 Å². The maximum Gasteiger partial charge on any atom is 0.306 e. The molecule has 1 radical (unpaired) electrons. The highest BCUT2D eigenvalue weighted by molar-refractivity contribution is 5.73. The van der Waals surface area contributed by atoms with Crippen LogP contribution in [0.2, 0.25) is 0 Å². The number of hydrogen-bond donors (Lipinski definition) is 2. The Morgan fingerprint density at radius 1 is 1.12 bits per heavy atom. The van der Waals surface area contributed by atoms with E-state index in [4.69, 9.17) is 10.2 Å². The van der Waals surface area contributed by atoms with Gasteiger partial charge in [-0.25, -0.2) is 0 Å². The van der Waals surface area contributed by atoms with Crippen molar-refractivity contribution in [3.05, 3.63) is 5.92 Å². The summed E-state index contributed by atoms with van der Waals surface area (Å²) in [6.45, 7) is 1.57. The van der Waals surface area contributed by atoms with E-state index in [0.717, 1.165) is 25.7 Å². The van der Waals surface area contributed by atoms with E-state index in [1.807, 2.05) is 0 Å². The Balaban J connectivity index is 2.47. The Morgan fingerprint density at radius 3 is 2.18 bits per heavy atom. The van der Waals surface area contributed by atoms with Crippen molar-refractivity contribution < 1.29 is 19.8 Å². The fourth-order valence-electron chi connectivity index (χ4n) is 2.40. The molecule has 0 spiro atoms. The molecule has 0 heterocycles. The number of aliphatic carboxylic acids is 2. The molecule has 2 N–H and O–H groups in total. The lowest BCUT2D eigenvalue weighted by Gasteiger charge is -2.24. The van der Waals surface area contributed by atoms with Crippen LogP contribution in [0.3, 0.4) is 0 Å². The van der Waals surface area contributed by atoms with Crippen molar-refractivity contribution in [2.24, 2.45) is 11.8 Å². The van der Waals surface area contributed by atoms with Crippen LogP contribution in [-0.4, -0.2) is 22.2 Å². The molecular weight excluding hydrogens is 220 g/mol. The molecule has 0 aromatic rings. The van der Waals surface area contributed by atoms with E-state index < -0.39 is 23.8 Å². The lowest BCUT2D eigenvalue weighted by Crippen LogP contribution is -2.23. The summed E-state index contributed by atoms with van der Waals surface area (Å²) < 4.78 is 0. The standard InChI is InChI=1S/C13H21O4/c1-9(12(14)15)7-11(13(16)17)8-10-5-3-2-4-6-10/h9,11H,2-8H2,1H3,(H,14,15)(H,16,17). The van der Waals surface area contributed by atoms with E-state index >= 15 is 0 Å². The molecule has 17 heavy (non-hydrogen) atoms. The highest BCUT2D eigenvalue weighted by Crippen LogP contribution is 2.33. The monoisotopic (exact) mass is 241 g/mol. The van der Waals surface area contributed by atoms with Gasteiger partial charge in [-0.3, -0.25) is 9.59 Å². The third-order valence-corrected chi connectivity index (χ3v) is 3.50. The first-order valence-corrected chi connectivity index (χ1v) is 6.30. The summed E-state index contributed by atoms with van der Waals surface area (Å²) >= 11 is 0. The molecule has 97 valence electrons. The molecule has 0 aliphatic heterocycles. The van der Waals surface area contributed by atoms with Gasteiger partial charge < -0.3 is 10.2 Å². The normalized spacial score (nSPS) is 20.8. The van der Waals surface area contributed by atoms with Gasteiger partial charge in [0.15, 0.2) is 0 Å². The van der Waals surface area contributed by atoms with Crippen molar-refractivity contribution in [2.75, 3.05) is 0 Å². The first kappa shape index (κ1) is 14.0. The summed E-state index contributed by atoms with van der Waals surface area (Å²) in [5.41, 5.74) is 0. The van der Waals surface area contributed by atoms with E-state index in [1.54, 1.807) is 6.92 Å². The summed E-state index contributed by atoms with van der Waals surface area (Å²) in [5.74, 6) is -1.59. The van der Waals surface area contributed by atoms with E-state index in [-0.39, 0.29) is 6.42 Å². The Labute approximate surface area is 102 Å². The van der Waals surface area contributed by atoms with Crippen LogP contribution in [0.25, 0.3) is 0 Å². The van der Waals surface area contributed by atoms with E-state index in [9.17, 15) is 9.59 Å². The number of carboxylic acids is 2. The van der Waals surface area contributed by atoms with Crippen molar-refractivity contribution >= 4 is 11.9 Å². The third-order valence-electron chi connectivity index (χ3n) is 3.50. The second kappa shape index (κ2) is 6.62. The summed E-state index contributed by atoms with van der Waals surface area (Å²) in [7, 11) is 0. The quantitative estimate of drug-likeness (QED) is 0.749. The van der Waals surface area contributed by atoms with E-state index in [0.29, 0.717) is 6.42 Å². The molecule has 2 atom stereocenters. The zero-order valence-electron chi connectivity index (χ0n) is 10.3. The van der Waals surface area contributed by atoms with Gasteiger partial charge in [-0.05, 0) is 31.6 Å². The maximum absolute atomic E-state index is 11.1. The van der Waals surface area contributed by atoms with Gasteiger partial charge in [0.2, 0.25) is 0 Å². The minimum absolute atomic E-state index is 0.230. The molecular formula is C13H21O4. The number of rotatable bonds is 6. The first-order chi connectivity index (χ1) is 8.00. The lowest BCUT2D eigenvalue weighted by molar-refractivity contribution is -0.145. The zero-order valence-corrected chi connectivity index (χ0v) is 10.3. The van der Waals surface area contributed by atoms with E-state index in [1.165, 1.54) is 12.3 Å². The smallest absolute Gasteiger partial charge is 0.306 e. The molecule has 0 aromatic carbocycles. The molecule has 2 unspecified atom stereocenters. The maximum atomic E-state index is 11.1. The molecule has 4 nitrogen and oxygen atoms in total. The average Bonchev–Trinajstić information content (AvgIpc) is 2.29. The fourth-order valence-corrected chi connectivity index (χ4v) is 2.40. The highest BCUT2D eigenvalue weighted by Gasteiger charge is 2.27. The Morgan fingerprint density at radius 2 is 1.71 bits per heavy atom. The van der Waals surface area contributed by atoms with Gasteiger partial charge in [-0.15, -0.1) is 0 Å². The molecule has 0 amide bonds. The second-order valence-electron chi connectivity index (χ2n) is 5.02. The van der Waals surface area contributed by atoms with Crippen molar-refractivity contribution in [3.8, 4) is 0 Å². The molecule has 4 heteroatoms. The summed E-state index contributed by atoms with van der Waals surface area (Å²) in [6, 6.07) is 0. The van der Waals surface area contributed by atoms with Gasteiger partial charge in [-0.2, -0.15) is 0 Å². The molecule has 1 aliphatic carbocycles. The van der Waals surface area contributed by atoms with Crippen LogP contribution < -0.4 is 0 Å². The van der Waals surface area contributed by atoms with Gasteiger partial charge in [0.1, 0.15) is 0 Å². The van der Waals surface area contributed by atoms with Gasteiger partial charge in [0.25, 0.3) is 0 Å². The van der Waals surface area contributed by atoms with Crippen molar-refractivity contribution in [2.45, 2.75) is 51.9 Å².